The van der Waals surface area contributed by atoms with Crippen LogP contribution in [-0.4, -0.2) is 9.97 Å². The summed E-state index contributed by atoms with van der Waals surface area (Å²) in [6.45, 7) is 0. The highest BCUT2D eigenvalue weighted by molar-refractivity contribution is 6.21. The van der Waals surface area contributed by atoms with E-state index in [2.05, 4.69) is 83.8 Å². The molecule has 0 fully saturated rings. The average Bonchev–Trinajstić information content (AvgIpc) is 2.78. The molecular formula is C26H16N2. The summed E-state index contributed by atoms with van der Waals surface area (Å²) in [6, 6.07) is 29.8. The van der Waals surface area contributed by atoms with Crippen LogP contribution in [0.4, 0.5) is 0 Å². The fraction of sp³-hybridized carbons (Fsp3) is 0. The molecule has 0 unspecified atom stereocenters. The van der Waals surface area contributed by atoms with E-state index in [1.807, 2.05) is 18.5 Å². The van der Waals surface area contributed by atoms with E-state index in [1.165, 1.54) is 27.1 Å². The molecule has 0 atom stereocenters. The predicted octanol–water partition coefficient (Wildman–Crippen LogP) is 6.76. The molecule has 2 nitrogen and oxygen atoms in total. The summed E-state index contributed by atoms with van der Waals surface area (Å²) in [5.41, 5.74) is 4.40. The van der Waals surface area contributed by atoms with Crippen molar-refractivity contribution >= 4 is 43.4 Å². The molecule has 0 bridgehead atoms. The van der Waals surface area contributed by atoms with Crippen molar-refractivity contribution in [3.8, 4) is 11.1 Å². The first-order valence-corrected chi connectivity index (χ1v) is 9.43. The van der Waals surface area contributed by atoms with Crippen LogP contribution in [0.3, 0.4) is 0 Å². The molecule has 0 aliphatic rings. The quantitative estimate of drug-likeness (QED) is 0.240. The molecule has 0 spiro atoms. The van der Waals surface area contributed by atoms with Crippen molar-refractivity contribution in [1.82, 2.24) is 9.97 Å². The molecule has 28 heavy (non-hydrogen) atoms. The van der Waals surface area contributed by atoms with Crippen molar-refractivity contribution in [3.05, 3.63) is 97.3 Å². The number of nitrogens with zero attached hydrogens (tertiary/aromatic N) is 2. The van der Waals surface area contributed by atoms with Crippen LogP contribution in [0, 0.1) is 0 Å². The third-order valence-corrected chi connectivity index (χ3v) is 5.51. The van der Waals surface area contributed by atoms with E-state index in [0.717, 1.165) is 27.4 Å². The van der Waals surface area contributed by atoms with E-state index in [4.69, 9.17) is 4.98 Å². The highest BCUT2D eigenvalue weighted by Crippen LogP contribution is 2.39. The van der Waals surface area contributed by atoms with E-state index >= 15 is 0 Å². The van der Waals surface area contributed by atoms with Gasteiger partial charge in [0.25, 0.3) is 0 Å². The lowest BCUT2D eigenvalue weighted by atomic mass is 9.93. The fourth-order valence-electron chi connectivity index (χ4n) is 4.23. The summed E-state index contributed by atoms with van der Waals surface area (Å²) in [5.74, 6) is 0. The van der Waals surface area contributed by atoms with Crippen LogP contribution < -0.4 is 0 Å². The number of aromatic nitrogens is 2. The highest BCUT2D eigenvalue weighted by atomic mass is 14.7. The molecule has 6 rings (SSSR count). The van der Waals surface area contributed by atoms with Gasteiger partial charge in [-0.05, 0) is 16.8 Å². The standard InChI is InChI=1S/C26H16N2/c1-3-9-20-17(6-1)11-13-22-24(19-8-5-15-27-16-19)23-14-12-18-7-2-4-10-21(18)26(23)28-25(20)22/h1-16H. The summed E-state index contributed by atoms with van der Waals surface area (Å²) in [7, 11) is 0. The van der Waals surface area contributed by atoms with Gasteiger partial charge in [-0.2, -0.15) is 0 Å². The Kier molecular flexibility index (Phi) is 3.20. The van der Waals surface area contributed by atoms with Gasteiger partial charge in [-0.1, -0.05) is 78.9 Å². The lowest BCUT2D eigenvalue weighted by molar-refractivity contribution is 1.33. The first-order valence-electron chi connectivity index (χ1n) is 9.43. The number of rotatable bonds is 1. The van der Waals surface area contributed by atoms with Crippen LogP contribution in [0.25, 0.3) is 54.5 Å². The van der Waals surface area contributed by atoms with Crippen molar-refractivity contribution in [1.29, 1.82) is 0 Å². The monoisotopic (exact) mass is 356 g/mol. The zero-order valence-electron chi connectivity index (χ0n) is 15.1. The lowest BCUT2D eigenvalue weighted by Gasteiger charge is -2.14. The van der Waals surface area contributed by atoms with Crippen LogP contribution in [0.5, 0.6) is 0 Å². The Balaban J connectivity index is 1.92. The summed E-state index contributed by atoms with van der Waals surface area (Å²) >= 11 is 0. The topological polar surface area (TPSA) is 25.8 Å². The lowest BCUT2D eigenvalue weighted by Crippen LogP contribution is -1.92. The normalized spacial score (nSPS) is 11.6. The smallest absolute Gasteiger partial charge is 0.0794 e. The van der Waals surface area contributed by atoms with Crippen molar-refractivity contribution in [3.63, 3.8) is 0 Å². The molecule has 130 valence electrons. The van der Waals surface area contributed by atoms with Gasteiger partial charge in [0.1, 0.15) is 0 Å². The average molecular weight is 356 g/mol. The highest BCUT2D eigenvalue weighted by Gasteiger charge is 2.15. The Morgan fingerprint density at radius 1 is 0.500 bits per heavy atom. The Hall–Kier alpha value is -3.78. The summed E-state index contributed by atoms with van der Waals surface area (Å²) in [6.07, 6.45) is 3.76. The van der Waals surface area contributed by atoms with Crippen molar-refractivity contribution in [2.24, 2.45) is 0 Å². The Bertz CT molecular complexity index is 1410. The third kappa shape index (κ3) is 2.15. The molecule has 2 aromatic heterocycles. The maximum Gasteiger partial charge on any atom is 0.0794 e. The van der Waals surface area contributed by atoms with Gasteiger partial charge >= 0.3 is 0 Å². The van der Waals surface area contributed by atoms with Crippen LogP contribution in [0.15, 0.2) is 97.3 Å². The van der Waals surface area contributed by atoms with Crippen LogP contribution in [0.1, 0.15) is 0 Å². The third-order valence-electron chi connectivity index (χ3n) is 5.51. The number of hydrogen-bond acceptors (Lipinski definition) is 2. The largest absolute Gasteiger partial charge is 0.264 e. The van der Waals surface area contributed by atoms with Gasteiger partial charge in [0, 0.05) is 45.1 Å². The second-order valence-corrected chi connectivity index (χ2v) is 7.09. The van der Waals surface area contributed by atoms with Gasteiger partial charge in [-0.3, -0.25) is 4.98 Å². The van der Waals surface area contributed by atoms with E-state index in [0.29, 0.717) is 0 Å². The van der Waals surface area contributed by atoms with Gasteiger partial charge < -0.3 is 0 Å². The van der Waals surface area contributed by atoms with Gasteiger partial charge in [0.15, 0.2) is 0 Å². The summed E-state index contributed by atoms with van der Waals surface area (Å²) < 4.78 is 0. The van der Waals surface area contributed by atoms with Gasteiger partial charge in [-0.25, -0.2) is 4.98 Å². The Labute approximate surface area is 162 Å². The molecule has 0 aliphatic carbocycles. The Morgan fingerprint density at radius 3 is 1.68 bits per heavy atom. The number of benzene rings is 4. The van der Waals surface area contributed by atoms with Crippen molar-refractivity contribution in [2.45, 2.75) is 0 Å². The van der Waals surface area contributed by atoms with Crippen LogP contribution in [-0.2, 0) is 0 Å². The molecule has 0 saturated heterocycles. The molecule has 2 heteroatoms. The molecule has 2 heterocycles. The molecule has 0 saturated carbocycles. The molecular weight excluding hydrogens is 340 g/mol. The van der Waals surface area contributed by atoms with Gasteiger partial charge in [-0.15, -0.1) is 0 Å². The number of hydrogen-bond donors (Lipinski definition) is 0. The second kappa shape index (κ2) is 5.86. The van der Waals surface area contributed by atoms with E-state index in [-0.39, 0.29) is 0 Å². The van der Waals surface area contributed by atoms with Gasteiger partial charge in [0.2, 0.25) is 0 Å². The SMILES string of the molecule is c1cncc(-c2c3ccc4ccccc4c3nc3c2ccc2ccccc23)c1. The summed E-state index contributed by atoms with van der Waals surface area (Å²) in [5, 5.41) is 7.10. The minimum atomic E-state index is 1.04. The molecule has 4 aromatic carbocycles. The zero-order chi connectivity index (χ0) is 18.5. The van der Waals surface area contributed by atoms with Crippen LogP contribution in [0.2, 0.25) is 0 Å². The fourth-order valence-corrected chi connectivity index (χ4v) is 4.23. The molecule has 0 N–H and O–H groups in total. The maximum absolute atomic E-state index is 5.20. The number of pyridine rings is 2. The maximum atomic E-state index is 5.20. The van der Waals surface area contributed by atoms with Crippen LogP contribution >= 0.6 is 0 Å². The van der Waals surface area contributed by atoms with E-state index in [1.54, 1.807) is 0 Å². The van der Waals surface area contributed by atoms with E-state index in [9.17, 15) is 0 Å². The predicted molar refractivity (Wildman–Crippen MR) is 117 cm³/mol. The number of fused-ring (bicyclic) bond motifs is 6. The molecule has 0 radical (unpaired) electrons. The first-order chi connectivity index (χ1) is 13.9. The molecule has 0 aliphatic heterocycles. The van der Waals surface area contributed by atoms with E-state index < -0.39 is 0 Å². The first kappa shape index (κ1) is 15.3. The summed E-state index contributed by atoms with van der Waals surface area (Å²) in [4.78, 5) is 9.58. The molecule has 0 amide bonds. The van der Waals surface area contributed by atoms with Crippen molar-refractivity contribution in [2.75, 3.05) is 0 Å². The van der Waals surface area contributed by atoms with Crippen molar-refractivity contribution < 1.29 is 0 Å². The second-order valence-electron chi connectivity index (χ2n) is 7.09. The minimum Gasteiger partial charge on any atom is -0.264 e. The van der Waals surface area contributed by atoms with Gasteiger partial charge in [0.05, 0.1) is 11.0 Å². The zero-order valence-corrected chi connectivity index (χ0v) is 15.1. The Morgan fingerprint density at radius 2 is 1.11 bits per heavy atom. The minimum absolute atomic E-state index is 1.04. The molecule has 6 aromatic rings.